The van der Waals surface area contributed by atoms with Crippen LogP contribution in [-0.2, 0) is 20.9 Å². The van der Waals surface area contributed by atoms with E-state index in [0.29, 0.717) is 38.7 Å². The van der Waals surface area contributed by atoms with Gasteiger partial charge in [0.2, 0.25) is 5.91 Å². The smallest absolute Gasteiger partial charge is 0.307 e. The van der Waals surface area contributed by atoms with E-state index in [-0.39, 0.29) is 6.42 Å². The first kappa shape index (κ1) is 23.8. The lowest BCUT2D eigenvalue weighted by molar-refractivity contribution is -0.145. The standard InChI is InChI=1S/C25H27N7O4S/c26-22(33)14-8-15(25(34)35)12-31(11-14)13-16-9-20-21(37-16)24(32-4-6-36-7-5-32)29-23(28-20)17-2-1-3-19-18(17)10-27-30-19/h1-3,9-10,14-15H,4-8,11-13H2,(H2,26,33)(H,27,30)(H,34,35). The number of thiophene rings is 1. The Bertz CT molecular complexity index is 1460. The lowest BCUT2D eigenvalue weighted by atomic mass is 9.88. The second-order valence-corrected chi connectivity index (χ2v) is 10.7. The number of aliphatic carboxylic acids is 1. The molecule has 0 bridgehead atoms. The zero-order valence-electron chi connectivity index (χ0n) is 20.1. The van der Waals surface area contributed by atoms with Crippen molar-refractivity contribution in [2.45, 2.75) is 13.0 Å². The van der Waals surface area contributed by atoms with E-state index in [4.69, 9.17) is 20.4 Å². The summed E-state index contributed by atoms with van der Waals surface area (Å²) in [5, 5.41) is 17.7. The zero-order chi connectivity index (χ0) is 25.5. The van der Waals surface area contributed by atoms with Gasteiger partial charge in [-0.15, -0.1) is 11.3 Å². The first-order chi connectivity index (χ1) is 18.0. The summed E-state index contributed by atoms with van der Waals surface area (Å²) in [6, 6.07) is 7.98. The van der Waals surface area contributed by atoms with Gasteiger partial charge >= 0.3 is 5.97 Å². The predicted octanol–water partition coefficient (Wildman–Crippen LogP) is 2.08. The van der Waals surface area contributed by atoms with E-state index < -0.39 is 23.7 Å². The lowest BCUT2D eigenvalue weighted by Crippen LogP contribution is -2.46. The summed E-state index contributed by atoms with van der Waals surface area (Å²) in [5.74, 6) is -0.946. The summed E-state index contributed by atoms with van der Waals surface area (Å²) in [6.07, 6.45) is 2.07. The highest BCUT2D eigenvalue weighted by Crippen LogP contribution is 2.37. The average Bonchev–Trinajstić information content (AvgIpc) is 3.55. The van der Waals surface area contributed by atoms with Crippen LogP contribution in [0.15, 0.2) is 30.5 Å². The fourth-order valence-electron chi connectivity index (χ4n) is 5.24. The van der Waals surface area contributed by atoms with Crippen LogP contribution in [-0.4, -0.2) is 81.4 Å². The number of nitrogens with one attached hydrogen (secondary N) is 1. The maximum atomic E-state index is 11.9. The number of nitrogens with zero attached hydrogens (tertiary/aromatic N) is 5. The van der Waals surface area contributed by atoms with Gasteiger partial charge in [-0.05, 0) is 18.6 Å². The van der Waals surface area contributed by atoms with Gasteiger partial charge in [-0.3, -0.25) is 19.6 Å². The molecule has 0 radical (unpaired) electrons. The van der Waals surface area contributed by atoms with Gasteiger partial charge in [0.25, 0.3) is 0 Å². The topological polar surface area (TPSA) is 151 Å². The third kappa shape index (κ3) is 4.63. The number of ether oxygens (including phenoxy) is 1. The first-order valence-electron chi connectivity index (χ1n) is 12.3. The number of carbonyl (C=O) groups is 2. The molecule has 5 heterocycles. The van der Waals surface area contributed by atoms with E-state index >= 15 is 0 Å². The fourth-order valence-corrected chi connectivity index (χ4v) is 6.40. The molecule has 2 unspecified atom stereocenters. The summed E-state index contributed by atoms with van der Waals surface area (Å²) >= 11 is 1.61. The summed E-state index contributed by atoms with van der Waals surface area (Å²) in [7, 11) is 0. The minimum absolute atomic E-state index is 0.281. The molecule has 12 heteroatoms. The summed E-state index contributed by atoms with van der Waals surface area (Å²) in [5.41, 5.74) is 8.22. The number of primary amides is 1. The van der Waals surface area contributed by atoms with Crippen LogP contribution in [0.2, 0.25) is 0 Å². The number of rotatable bonds is 6. The van der Waals surface area contributed by atoms with Gasteiger partial charge in [0.1, 0.15) is 0 Å². The second-order valence-electron chi connectivity index (χ2n) is 9.60. The number of likely N-dealkylation sites (tertiary alicyclic amines) is 1. The summed E-state index contributed by atoms with van der Waals surface area (Å²) in [6.45, 7) is 4.09. The van der Waals surface area contributed by atoms with Crippen molar-refractivity contribution >= 4 is 50.2 Å². The van der Waals surface area contributed by atoms with Crippen molar-refractivity contribution in [3.05, 3.63) is 35.3 Å². The van der Waals surface area contributed by atoms with Gasteiger partial charge in [0.05, 0.1) is 47.0 Å². The highest BCUT2D eigenvalue weighted by molar-refractivity contribution is 7.19. The minimum atomic E-state index is -0.897. The highest BCUT2D eigenvalue weighted by Gasteiger charge is 2.34. The molecule has 6 rings (SSSR count). The predicted molar refractivity (Wildman–Crippen MR) is 139 cm³/mol. The molecule has 1 aromatic carbocycles. The van der Waals surface area contributed by atoms with Crippen molar-refractivity contribution in [2.75, 3.05) is 44.3 Å². The van der Waals surface area contributed by atoms with Crippen LogP contribution < -0.4 is 10.6 Å². The molecule has 3 aromatic heterocycles. The van der Waals surface area contributed by atoms with Crippen LogP contribution in [0.5, 0.6) is 0 Å². The second kappa shape index (κ2) is 9.69. The van der Waals surface area contributed by atoms with Crippen LogP contribution in [0.1, 0.15) is 11.3 Å². The Morgan fingerprint density at radius 2 is 2.00 bits per heavy atom. The number of carboxylic acids is 1. The number of carboxylic acid groups (broad SMARTS) is 1. The van der Waals surface area contributed by atoms with Gasteiger partial charge in [-0.25, -0.2) is 9.97 Å². The van der Waals surface area contributed by atoms with Crippen molar-refractivity contribution in [1.82, 2.24) is 25.1 Å². The number of aromatic amines is 1. The number of morpholine rings is 1. The van der Waals surface area contributed by atoms with E-state index in [1.54, 1.807) is 17.5 Å². The van der Waals surface area contributed by atoms with Crippen LogP contribution >= 0.6 is 11.3 Å². The fraction of sp³-hybridized carbons (Fsp3) is 0.400. The monoisotopic (exact) mass is 521 g/mol. The number of aromatic nitrogens is 4. The largest absolute Gasteiger partial charge is 0.481 e. The number of nitrogens with two attached hydrogens (primary N) is 1. The third-order valence-electron chi connectivity index (χ3n) is 7.10. The molecule has 2 fully saturated rings. The molecule has 0 saturated carbocycles. The molecule has 4 N–H and O–H groups in total. The molecule has 0 aliphatic carbocycles. The Labute approximate surface area is 216 Å². The molecule has 4 aromatic rings. The zero-order valence-corrected chi connectivity index (χ0v) is 20.9. The molecule has 2 aliphatic rings. The van der Waals surface area contributed by atoms with Gasteiger partial charge in [-0.1, -0.05) is 12.1 Å². The Balaban J connectivity index is 1.39. The molecule has 2 aliphatic heterocycles. The van der Waals surface area contributed by atoms with Crippen molar-refractivity contribution in [2.24, 2.45) is 17.6 Å². The van der Waals surface area contributed by atoms with Crippen LogP contribution in [0.4, 0.5) is 5.82 Å². The number of benzene rings is 1. The number of hydrogen-bond donors (Lipinski definition) is 3. The van der Waals surface area contributed by atoms with Crippen molar-refractivity contribution in [3.8, 4) is 11.4 Å². The van der Waals surface area contributed by atoms with Gasteiger partial charge < -0.3 is 20.5 Å². The number of anilines is 1. The number of carbonyl (C=O) groups excluding carboxylic acids is 1. The van der Waals surface area contributed by atoms with E-state index in [9.17, 15) is 14.7 Å². The van der Waals surface area contributed by atoms with Gasteiger partial charge in [0, 0.05) is 48.6 Å². The molecule has 0 spiro atoms. The molecular weight excluding hydrogens is 494 g/mol. The normalized spacial score (nSPS) is 21.0. The molecule has 2 saturated heterocycles. The Kier molecular flexibility index (Phi) is 6.22. The van der Waals surface area contributed by atoms with E-state index in [1.807, 2.05) is 29.2 Å². The van der Waals surface area contributed by atoms with Crippen molar-refractivity contribution < 1.29 is 19.4 Å². The Morgan fingerprint density at radius 1 is 1.19 bits per heavy atom. The van der Waals surface area contributed by atoms with E-state index in [0.717, 1.165) is 50.5 Å². The van der Waals surface area contributed by atoms with Crippen LogP contribution in [0.25, 0.3) is 32.5 Å². The maximum Gasteiger partial charge on any atom is 0.307 e. The quantitative estimate of drug-likeness (QED) is 0.346. The highest BCUT2D eigenvalue weighted by atomic mass is 32.1. The van der Waals surface area contributed by atoms with Crippen molar-refractivity contribution in [3.63, 3.8) is 0 Å². The molecule has 2 atom stereocenters. The maximum absolute atomic E-state index is 11.9. The minimum Gasteiger partial charge on any atom is -0.481 e. The Hall–Kier alpha value is -3.61. The first-order valence-corrected chi connectivity index (χ1v) is 13.1. The molecule has 1 amide bonds. The summed E-state index contributed by atoms with van der Waals surface area (Å²) in [4.78, 5) is 38.9. The third-order valence-corrected chi connectivity index (χ3v) is 8.20. The van der Waals surface area contributed by atoms with Crippen molar-refractivity contribution in [1.29, 1.82) is 0 Å². The van der Waals surface area contributed by atoms with Gasteiger partial charge in [-0.2, -0.15) is 5.10 Å². The lowest BCUT2D eigenvalue weighted by Gasteiger charge is -2.34. The molecule has 192 valence electrons. The SMILES string of the molecule is NC(=O)C1CC(C(=O)O)CN(Cc2cc3nc(-c4cccc5[nH]ncc45)nc(N4CCOCC4)c3s2)C1. The van der Waals surface area contributed by atoms with Gasteiger partial charge in [0.15, 0.2) is 11.6 Å². The summed E-state index contributed by atoms with van der Waals surface area (Å²) < 4.78 is 6.56. The van der Waals surface area contributed by atoms with Crippen LogP contribution in [0.3, 0.4) is 0 Å². The molecule has 37 heavy (non-hydrogen) atoms. The number of amides is 1. The Morgan fingerprint density at radius 3 is 2.78 bits per heavy atom. The number of hydrogen-bond acceptors (Lipinski definition) is 9. The molecular formula is C25H27N7O4S. The molecule has 11 nitrogen and oxygen atoms in total. The van der Waals surface area contributed by atoms with Crippen LogP contribution in [0, 0.1) is 11.8 Å². The van der Waals surface area contributed by atoms with E-state index in [2.05, 4.69) is 15.1 Å². The number of piperidine rings is 1. The number of fused-ring (bicyclic) bond motifs is 2. The van der Waals surface area contributed by atoms with E-state index in [1.165, 1.54) is 0 Å². The average molecular weight is 522 g/mol. The number of H-pyrrole nitrogens is 1.